The molecule has 0 aromatic carbocycles. The molecule has 0 saturated heterocycles. The smallest absolute Gasteiger partial charge is 0.233 e. The Bertz CT molecular complexity index is 905. The number of hydrogen-bond donors (Lipinski definition) is 0. The molecule has 0 radical (unpaired) electrons. The fourth-order valence-electron chi connectivity index (χ4n) is 2.20. The second-order valence-electron chi connectivity index (χ2n) is 4.41. The van der Waals surface area contributed by atoms with Crippen molar-refractivity contribution in [3.05, 3.63) is 66.6 Å². The largest absolute Gasteiger partial charge is 0.463 e. The van der Waals surface area contributed by atoms with Gasteiger partial charge in [0.2, 0.25) is 5.78 Å². The minimum atomic E-state index is -0.251. The van der Waals surface area contributed by atoms with Crippen molar-refractivity contribution in [2.75, 3.05) is 0 Å². The van der Waals surface area contributed by atoms with E-state index in [1.807, 2.05) is 6.07 Å². The number of aromatic nitrogens is 3. The van der Waals surface area contributed by atoms with Crippen LogP contribution in [0.4, 0.5) is 0 Å². The van der Waals surface area contributed by atoms with E-state index in [2.05, 4.69) is 10.1 Å². The minimum Gasteiger partial charge on any atom is -0.463 e. The van der Waals surface area contributed by atoms with Crippen molar-refractivity contribution in [1.29, 1.82) is 0 Å². The molecule has 4 heterocycles. The predicted octanol–water partition coefficient (Wildman–Crippen LogP) is 2.81. The van der Waals surface area contributed by atoms with Crippen LogP contribution in [-0.2, 0) is 0 Å². The van der Waals surface area contributed by atoms with E-state index in [0.29, 0.717) is 17.0 Å². The third-order valence-corrected chi connectivity index (χ3v) is 3.16. The van der Waals surface area contributed by atoms with Gasteiger partial charge in [-0.25, -0.2) is 9.50 Å². The highest BCUT2D eigenvalue weighted by molar-refractivity contribution is 6.10. The molecule has 0 spiro atoms. The molecule has 0 amide bonds. The molecule has 4 rings (SSSR count). The molecule has 6 nitrogen and oxygen atoms in total. The van der Waals surface area contributed by atoms with Gasteiger partial charge >= 0.3 is 0 Å². The highest BCUT2D eigenvalue weighted by Gasteiger charge is 2.19. The van der Waals surface area contributed by atoms with Crippen molar-refractivity contribution in [3.63, 3.8) is 0 Å². The maximum Gasteiger partial charge on any atom is 0.233 e. The molecule has 6 heteroatoms. The first-order chi connectivity index (χ1) is 10.3. The standard InChI is InChI=1S/C15H9N3O3/c19-14(13-4-2-8-21-13)10-9-17-18-11(5-6-16-15(10)18)12-3-1-7-20-12/h1-9H. The molecule has 0 saturated carbocycles. The van der Waals surface area contributed by atoms with Crippen LogP contribution >= 0.6 is 0 Å². The highest BCUT2D eigenvalue weighted by Crippen LogP contribution is 2.22. The van der Waals surface area contributed by atoms with Crippen molar-refractivity contribution >= 4 is 11.4 Å². The van der Waals surface area contributed by atoms with E-state index in [0.717, 1.165) is 5.69 Å². The van der Waals surface area contributed by atoms with Crippen LogP contribution in [-0.4, -0.2) is 20.4 Å². The van der Waals surface area contributed by atoms with Crippen molar-refractivity contribution < 1.29 is 13.6 Å². The summed E-state index contributed by atoms with van der Waals surface area (Å²) < 4.78 is 12.1. The van der Waals surface area contributed by atoms with E-state index in [1.165, 1.54) is 12.5 Å². The molecule has 0 unspecified atom stereocenters. The number of fused-ring (bicyclic) bond motifs is 1. The van der Waals surface area contributed by atoms with Crippen LogP contribution in [0.2, 0.25) is 0 Å². The number of carbonyl (C=O) groups is 1. The van der Waals surface area contributed by atoms with E-state index in [9.17, 15) is 4.79 Å². The highest BCUT2D eigenvalue weighted by atomic mass is 16.3. The zero-order chi connectivity index (χ0) is 14.2. The number of carbonyl (C=O) groups excluding carboxylic acids is 1. The molecule has 0 aliphatic heterocycles. The molecule has 0 aliphatic carbocycles. The molecule has 0 N–H and O–H groups in total. The number of rotatable bonds is 3. The second-order valence-corrected chi connectivity index (χ2v) is 4.41. The monoisotopic (exact) mass is 279 g/mol. The summed E-state index contributed by atoms with van der Waals surface area (Å²) in [6.07, 6.45) is 6.15. The lowest BCUT2D eigenvalue weighted by Gasteiger charge is -2.01. The average molecular weight is 279 g/mol. The molecule has 21 heavy (non-hydrogen) atoms. The Morgan fingerprint density at radius 3 is 2.71 bits per heavy atom. The Kier molecular flexibility index (Phi) is 2.47. The van der Waals surface area contributed by atoms with Crippen LogP contribution in [0.25, 0.3) is 17.1 Å². The van der Waals surface area contributed by atoms with Crippen LogP contribution < -0.4 is 0 Å². The fourth-order valence-corrected chi connectivity index (χ4v) is 2.20. The topological polar surface area (TPSA) is 73.5 Å². The lowest BCUT2D eigenvalue weighted by atomic mass is 10.2. The summed E-state index contributed by atoms with van der Waals surface area (Å²) in [4.78, 5) is 16.6. The summed E-state index contributed by atoms with van der Waals surface area (Å²) in [5.41, 5.74) is 1.58. The van der Waals surface area contributed by atoms with Crippen LogP contribution in [0.5, 0.6) is 0 Å². The first-order valence-corrected chi connectivity index (χ1v) is 6.29. The Hall–Kier alpha value is -3.15. The summed E-state index contributed by atoms with van der Waals surface area (Å²) in [7, 11) is 0. The van der Waals surface area contributed by atoms with Gasteiger partial charge in [-0.05, 0) is 30.3 Å². The molecular weight excluding hydrogens is 270 g/mol. The fraction of sp³-hybridized carbons (Fsp3) is 0. The van der Waals surface area contributed by atoms with Gasteiger partial charge in [0.1, 0.15) is 5.69 Å². The van der Waals surface area contributed by atoms with Gasteiger partial charge in [-0.3, -0.25) is 4.79 Å². The molecule has 0 bridgehead atoms. The van der Waals surface area contributed by atoms with Crippen molar-refractivity contribution in [3.8, 4) is 11.5 Å². The second kappa shape index (κ2) is 4.45. The number of ketones is 1. The van der Waals surface area contributed by atoms with Gasteiger partial charge in [0.15, 0.2) is 17.2 Å². The average Bonchev–Trinajstić information content (AvgIpc) is 3.25. The normalized spacial score (nSPS) is 11.0. The Morgan fingerprint density at radius 1 is 1.10 bits per heavy atom. The van der Waals surface area contributed by atoms with E-state index in [1.54, 1.807) is 41.2 Å². The van der Waals surface area contributed by atoms with E-state index >= 15 is 0 Å². The number of nitrogens with zero attached hydrogens (tertiary/aromatic N) is 3. The molecular formula is C15H9N3O3. The number of hydrogen-bond acceptors (Lipinski definition) is 5. The van der Waals surface area contributed by atoms with Crippen LogP contribution in [0, 0.1) is 0 Å². The lowest BCUT2D eigenvalue weighted by molar-refractivity contribution is 0.101. The zero-order valence-corrected chi connectivity index (χ0v) is 10.8. The van der Waals surface area contributed by atoms with Gasteiger partial charge in [-0.1, -0.05) is 0 Å². The summed E-state index contributed by atoms with van der Waals surface area (Å²) in [6, 6.07) is 8.67. The van der Waals surface area contributed by atoms with Crippen LogP contribution in [0.1, 0.15) is 16.1 Å². The van der Waals surface area contributed by atoms with E-state index in [4.69, 9.17) is 8.83 Å². The Balaban J connectivity index is 1.90. The first kappa shape index (κ1) is 11.7. The van der Waals surface area contributed by atoms with Gasteiger partial charge in [-0.15, -0.1) is 0 Å². The quantitative estimate of drug-likeness (QED) is 0.539. The predicted molar refractivity (Wildman–Crippen MR) is 72.8 cm³/mol. The molecule has 0 aliphatic rings. The van der Waals surface area contributed by atoms with Crippen molar-refractivity contribution in [2.45, 2.75) is 0 Å². The summed E-state index contributed by atoms with van der Waals surface area (Å²) >= 11 is 0. The lowest BCUT2D eigenvalue weighted by Crippen LogP contribution is -2.01. The minimum absolute atomic E-state index is 0.251. The van der Waals surface area contributed by atoms with Crippen LogP contribution in [0.3, 0.4) is 0 Å². The van der Waals surface area contributed by atoms with Gasteiger partial charge in [-0.2, -0.15) is 5.10 Å². The molecule has 0 fully saturated rings. The van der Waals surface area contributed by atoms with Gasteiger partial charge in [0.25, 0.3) is 0 Å². The third kappa shape index (κ3) is 1.77. The zero-order valence-electron chi connectivity index (χ0n) is 10.8. The SMILES string of the molecule is O=C(c1ccco1)c1cnn2c(-c3ccco3)ccnc12. The molecule has 102 valence electrons. The third-order valence-electron chi connectivity index (χ3n) is 3.16. The Labute approximate surface area is 118 Å². The van der Waals surface area contributed by atoms with E-state index in [-0.39, 0.29) is 11.5 Å². The van der Waals surface area contributed by atoms with Gasteiger partial charge in [0, 0.05) is 6.20 Å². The van der Waals surface area contributed by atoms with Gasteiger partial charge < -0.3 is 8.83 Å². The summed E-state index contributed by atoms with van der Waals surface area (Å²) in [5, 5.41) is 4.24. The van der Waals surface area contributed by atoms with Crippen molar-refractivity contribution in [1.82, 2.24) is 14.6 Å². The molecule has 4 aromatic heterocycles. The van der Waals surface area contributed by atoms with Gasteiger partial charge in [0.05, 0.1) is 24.3 Å². The molecule has 4 aromatic rings. The van der Waals surface area contributed by atoms with Crippen LogP contribution in [0.15, 0.2) is 64.1 Å². The molecule has 0 atom stereocenters. The maximum absolute atomic E-state index is 12.4. The first-order valence-electron chi connectivity index (χ1n) is 6.29. The summed E-state index contributed by atoms with van der Waals surface area (Å²) in [5.74, 6) is 0.664. The maximum atomic E-state index is 12.4. The number of furan rings is 2. The van der Waals surface area contributed by atoms with Crippen molar-refractivity contribution in [2.24, 2.45) is 0 Å². The summed E-state index contributed by atoms with van der Waals surface area (Å²) in [6.45, 7) is 0. The van der Waals surface area contributed by atoms with E-state index < -0.39 is 0 Å². The Morgan fingerprint density at radius 2 is 1.95 bits per heavy atom.